The van der Waals surface area contributed by atoms with Crippen LogP contribution in [0.3, 0.4) is 0 Å². The molecule has 0 aliphatic rings. The highest BCUT2D eigenvalue weighted by molar-refractivity contribution is 7.07. The third-order valence-electron chi connectivity index (χ3n) is 2.16. The molecule has 0 unspecified atom stereocenters. The molecule has 1 aromatic rings. The average Bonchev–Trinajstić information content (AvgIpc) is 2.68. The van der Waals surface area contributed by atoms with E-state index in [1.54, 1.807) is 11.3 Å². The van der Waals surface area contributed by atoms with E-state index in [9.17, 15) is 0 Å². The molecule has 0 spiro atoms. The molecule has 0 saturated carbocycles. The van der Waals surface area contributed by atoms with Crippen LogP contribution in [0.2, 0.25) is 0 Å². The quantitative estimate of drug-likeness (QED) is 0.802. The molecule has 84 valence electrons. The maximum atomic E-state index is 4.26. The Labute approximate surface area is 96.4 Å². The third kappa shape index (κ3) is 5.09. The van der Waals surface area contributed by atoms with Gasteiger partial charge in [-0.25, -0.2) is 4.98 Å². The van der Waals surface area contributed by atoms with Crippen molar-refractivity contribution in [1.29, 1.82) is 0 Å². The van der Waals surface area contributed by atoms with Crippen LogP contribution in [0.1, 0.15) is 32.9 Å². The normalized spacial score (nSPS) is 12.4. The lowest BCUT2D eigenvalue weighted by Gasteiger charge is -2.08. The lowest BCUT2D eigenvalue weighted by Crippen LogP contribution is -2.21. The van der Waals surface area contributed by atoms with Gasteiger partial charge in [-0.05, 0) is 25.0 Å². The summed E-state index contributed by atoms with van der Waals surface area (Å²) in [6, 6.07) is 0. The second-order valence-electron chi connectivity index (χ2n) is 4.09. The van der Waals surface area contributed by atoms with Gasteiger partial charge in [0.25, 0.3) is 0 Å². The molecule has 3 heteroatoms. The molecular formula is C12H20N2S. The maximum Gasteiger partial charge on any atom is 0.0798 e. The predicted molar refractivity (Wildman–Crippen MR) is 68.1 cm³/mol. The smallest absolute Gasteiger partial charge is 0.0798 e. The molecule has 1 aromatic heterocycles. The molecule has 0 bridgehead atoms. The Morgan fingerprint density at radius 3 is 2.93 bits per heavy atom. The van der Waals surface area contributed by atoms with E-state index in [2.05, 4.69) is 42.5 Å². The Kier molecular flexibility index (Phi) is 5.58. The Morgan fingerprint density at radius 1 is 1.60 bits per heavy atom. The van der Waals surface area contributed by atoms with Crippen LogP contribution in [0.15, 0.2) is 16.5 Å². The molecular weight excluding hydrogens is 204 g/mol. The fraction of sp³-hybridized carbons (Fsp3) is 0.583. The van der Waals surface area contributed by atoms with Gasteiger partial charge in [0.15, 0.2) is 0 Å². The van der Waals surface area contributed by atoms with Gasteiger partial charge in [0, 0.05) is 11.9 Å². The Hall–Kier alpha value is -0.670. The van der Waals surface area contributed by atoms with Crippen LogP contribution < -0.4 is 5.32 Å². The van der Waals surface area contributed by atoms with Crippen molar-refractivity contribution in [2.24, 2.45) is 5.92 Å². The number of nitrogens with zero attached hydrogens (tertiary/aromatic N) is 1. The second kappa shape index (κ2) is 6.75. The zero-order valence-electron chi connectivity index (χ0n) is 9.79. The molecule has 1 N–H and O–H groups in total. The van der Waals surface area contributed by atoms with Crippen molar-refractivity contribution in [3.05, 3.63) is 22.2 Å². The summed E-state index contributed by atoms with van der Waals surface area (Å²) in [7, 11) is 0. The first-order valence-corrected chi connectivity index (χ1v) is 6.45. The van der Waals surface area contributed by atoms with E-state index in [0.717, 1.165) is 25.2 Å². The van der Waals surface area contributed by atoms with Gasteiger partial charge < -0.3 is 5.32 Å². The van der Waals surface area contributed by atoms with Crippen LogP contribution >= 0.6 is 11.3 Å². The van der Waals surface area contributed by atoms with Gasteiger partial charge in [-0.15, -0.1) is 11.3 Å². The summed E-state index contributed by atoms with van der Waals surface area (Å²) >= 11 is 1.64. The Balaban J connectivity index is 2.42. The van der Waals surface area contributed by atoms with Gasteiger partial charge in [0.05, 0.1) is 11.2 Å². The number of hydrogen-bond acceptors (Lipinski definition) is 3. The highest BCUT2D eigenvalue weighted by atomic mass is 32.1. The van der Waals surface area contributed by atoms with E-state index in [-0.39, 0.29) is 0 Å². The lowest BCUT2D eigenvalue weighted by atomic mass is 10.1. The molecule has 0 radical (unpaired) electrons. The zero-order chi connectivity index (χ0) is 11.1. The average molecular weight is 224 g/mol. The Bertz CT molecular complexity index is 289. The van der Waals surface area contributed by atoms with E-state index in [0.29, 0.717) is 5.92 Å². The fourth-order valence-corrected chi connectivity index (χ4v) is 1.81. The van der Waals surface area contributed by atoms with E-state index < -0.39 is 0 Å². The van der Waals surface area contributed by atoms with Crippen molar-refractivity contribution in [2.45, 2.75) is 27.2 Å². The molecule has 0 saturated heterocycles. The zero-order valence-corrected chi connectivity index (χ0v) is 10.6. The number of nitrogens with one attached hydrogen (secondary N) is 1. The highest BCUT2D eigenvalue weighted by Crippen LogP contribution is 2.09. The van der Waals surface area contributed by atoms with Crippen LogP contribution in [-0.2, 0) is 0 Å². The molecule has 1 rings (SSSR count). The first-order valence-electron chi connectivity index (χ1n) is 5.50. The minimum atomic E-state index is 0.711. The number of rotatable bonds is 6. The van der Waals surface area contributed by atoms with Gasteiger partial charge in [-0.2, -0.15) is 0 Å². The summed E-state index contributed by atoms with van der Waals surface area (Å²) in [5.74, 6) is 0.711. The molecule has 15 heavy (non-hydrogen) atoms. The minimum Gasteiger partial charge on any atom is -0.313 e. The molecule has 1 heterocycles. The molecule has 2 nitrogen and oxygen atoms in total. The van der Waals surface area contributed by atoms with Gasteiger partial charge in [-0.1, -0.05) is 26.3 Å². The van der Waals surface area contributed by atoms with Crippen molar-refractivity contribution in [3.63, 3.8) is 0 Å². The molecule has 0 atom stereocenters. The summed E-state index contributed by atoms with van der Waals surface area (Å²) in [6.45, 7) is 8.70. The van der Waals surface area contributed by atoms with Crippen LogP contribution in [0.25, 0.3) is 6.08 Å². The van der Waals surface area contributed by atoms with Gasteiger partial charge >= 0.3 is 0 Å². The third-order valence-corrected chi connectivity index (χ3v) is 2.77. The number of aromatic nitrogens is 1. The van der Waals surface area contributed by atoms with E-state index in [1.165, 1.54) is 5.57 Å². The second-order valence-corrected chi connectivity index (χ2v) is 4.81. The Morgan fingerprint density at radius 2 is 2.40 bits per heavy atom. The van der Waals surface area contributed by atoms with E-state index >= 15 is 0 Å². The molecule has 0 aliphatic carbocycles. The standard InChI is InChI=1S/C12H20N2S/c1-4-11(7-13-6-10(2)3)5-12-8-15-9-14-12/h5,8-10,13H,4,6-7H2,1-3H3. The van der Waals surface area contributed by atoms with E-state index in [1.807, 2.05) is 5.51 Å². The minimum absolute atomic E-state index is 0.711. The van der Waals surface area contributed by atoms with Gasteiger partial charge in [0.1, 0.15) is 0 Å². The first kappa shape index (κ1) is 12.4. The maximum absolute atomic E-state index is 4.26. The van der Waals surface area contributed by atoms with Gasteiger partial charge in [0.2, 0.25) is 0 Å². The lowest BCUT2D eigenvalue weighted by molar-refractivity contribution is 0.569. The predicted octanol–water partition coefficient (Wildman–Crippen LogP) is 3.18. The molecule has 0 fully saturated rings. The van der Waals surface area contributed by atoms with Gasteiger partial charge in [-0.3, -0.25) is 0 Å². The van der Waals surface area contributed by atoms with Crippen molar-refractivity contribution < 1.29 is 0 Å². The summed E-state index contributed by atoms with van der Waals surface area (Å²) in [5, 5.41) is 5.54. The highest BCUT2D eigenvalue weighted by Gasteiger charge is 1.98. The van der Waals surface area contributed by atoms with Crippen LogP contribution in [-0.4, -0.2) is 18.1 Å². The number of hydrogen-bond donors (Lipinski definition) is 1. The molecule has 0 amide bonds. The number of thiazole rings is 1. The van der Waals surface area contributed by atoms with Crippen molar-refractivity contribution in [2.75, 3.05) is 13.1 Å². The molecule has 0 aromatic carbocycles. The van der Waals surface area contributed by atoms with Crippen molar-refractivity contribution >= 4 is 17.4 Å². The topological polar surface area (TPSA) is 24.9 Å². The summed E-state index contributed by atoms with van der Waals surface area (Å²) in [6.07, 6.45) is 3.27. The largest absolute Gasteiger partial charge is 0.313 e. The monoisotopic (exact) mass is 224 g/mol. The summed E-state index contributed by atoms with van der Waals surface area (Å²) in [5.41, 5.74) is 4.38. The van der Waals surface area contributed by atoms with Crippen molar-refractivity contribution in [3.8, 4) is 0 Å². The van der Waals surface area contributed by atoms with E-state index in [4.69, 9.17) is 0 Å². The van der Waals surface area contributed by atoms with Crippen LogP contribution in [0, 0.1) is 5.92 Å². The SMILES string of the molecule is CCC(=Cc1cscn1)CNCC(C)C. The molecule has 0 aliphatic heterocycles. The summed E-state index contributed by atoms with van der Waals surface area (Å²) in [4.78, 5) is 4.26. The van der Waals surface area contributed by atoms with Crippen molar-refractivity contribution in [1.82, 2.24) is 10.3 Å². The van der Waals surface area contributed by atoms with Crippen LogP contribution in [0.4, 0.5) is 0 Å². The van der Waals surface area contributed by atoms with Crippen LogP contribution in [0.5, 0.6) is 0 Å². The summed E-state index contributed by atoms with van der Waals surface area (Å²) < 4.78 is 0. The first-order chi connectivity index (χ1) is 7.22. The fourth-order valence-electron chi connectivity index (χ4n) is 1.30.